The van der Waals surface area contributed by atoms with E-state index < -0.39 is 5.76 Å². The van der Waals surface area contributed by atoms with Crippen molar-refractivity contribution in [1.82, 2.24) is 10.2 Å². The summed E-state index contributed by atoms with van der Waals surface area (Å²) in [4.78, 5) is 15.2. The predicted octanol–water partition coefficient (Wildman–Crippen LogP) is 4.40. The lowest BCUT2D eigenvalue weighted by Crippen LogP contribution is -2.44. The average Bonchev–Trinajstić information content (AvgIpc) is 2.64. The molecule has 3 nitrogen and oxygen atoms in total. The molecule has 0 unspecified atom stereocenters. The third kappa shape index (κ3) is 5.29. The molecule has 0 aliphatic carbocycles. The monoisotopic (exact) mass is 376 g/mol. The first-order valence-electron chi connectivity index (χ1n) is 8.73. The molecule has 0 radical (unpaired) electrons. The van der Waals surface area contributed by atoms with Crippen LogP contribution in [-0.4, -0.2) is 35.7 Å². The standard InChI is InChI=1S/C20H22F2N2OS/c21-20(22)26-18-9-5-4-8-17(18)19(25)23-16-10-12-24(13-11-16)14-15-6-2-1-3-7-15/h1-9,16,20H,10-14H2,(H,23,25). The summed E-state index contributed by atoms with van der Waals surface area (Å²) in [5, 5.41) is 3.01. The molecule has 138 valence electrons. The zero-order valence-electron chi connectivity index (χ0n) is 14.4. The van der Waals surface area contributed by atoms with Gasteiger partial charge in [0.05, 0.1) is 5.56 Å². The largest absolute Gasteiger partial charge is 0.349 e. The van der Waals surface area contributed by atoms with Crippen LogP contribution in [0.5, 0.6) is 0 Å². The highest BCUT2D eigenvalue weighted by atomic mass is 32.2. The molecule has 0 spiro atoms. The number of piperidine rings is 1. The van der Waals surface area contributed by atoms with Crippen LogP contribution in [0, 0.1) is 0 Å². The lowest BCUT2D eigenvalue weighted by Gasteiger charge is -2.32. The Morgan fingerprint density at radius 3 is 2.42 bits per heavy atom. The molecule has 2 aromatic carbocycles. The van der Waals surface area contributed by atoms with E-state index in [9.17, 15) is 13.6 Å². The van der Waals surface area contributed by atoms with Crippen molar-refractivity contribution in [2.24, 2.45) is 0 Å². The van der Waals surface area contributed by atoms with Gasteiger partial charge in [0.15, 0.2) is 0 Å². The molecular formula is C20H22F2N2OS. The average molecular weight is 376 g/mol. The Bertz CT molecular complexity index is 719. The van der Waals surface area contributed by atoms with Crippen LogP contribution >= 0.6 is 11.8 Å². The van der Waals surface area contributed by atoms with E-state index in [0.717, 1.165) is 32.5 Å². The molecule has 1 amide bonds. The molecule has 1 heterocycles. The van der Waals surface area contributed by atoms with E-state index in [2.05, 4.69) is 22.3 Å². The van der Waals surface area contributed by atoms with E-state index in [-0.39, 0.29) is 11.9 Å². The van der Waals surface area contributed by atoms with Gasteiger partial charge < -0.3 is 5.32 Å². The number of alkyl halides is 2. The van der Waals surface area contributed by atoms with Crippen LogP contribution < -0.4 is 5.32 Å². The second-order valence-electron chi connectivity index (χ2n) is 6.38. The molecule has 1 fully saturated rings. The third-order valence-corrected chi connectivity index (χ3v) is 5.31. The first-order chi connectivity index (χ1) is 12.6. The molecular weight excluding hydrogens is 354 g/mol. The fourth-order valence-electron chi connectivity index (χ4n) is 3.19. The number of carbonyl (C=O) groups excluding carboxylic acids is 1. The van der Waals surface area contributed by atoms with Gasteiger partial charge in [-0.15, -0.1) is 0 Å². The number of hydrogen-bond acceptors (Lipinski definition) is 3. The molecule has 3 rings (SSSR count). The number of rotatable bonds is 6. The van der Waals surface area contributed by atoms with E-state index in [4.69, 9.17) is 0 Å². The maximum atomic E-state index is 12.7. The summed E-state index contributed by atoms with van der Waals surface area (Å²) in [7, 11) is 0. The van der Waals surface area contributed by atoms with Gasteiger partial charge in [-0.1, -0.05) is 54.2 Å². The molecule has 0 saturated carbocycles. The molecule has 2 aromatic rings. The normalized spacial score (nSPS) is 16.0. The van der Waals surface area contributed by atoms with Gasteiger partial charge in [-0.3, -0.25) is 9.69 Å². The van der Waals surface area contributed by atoms with Gasteiger partial charge in [0.2, 0.25) is 0 Å². The van der Waals surface area contributed by atoms with Crippen LogP contribution in [0.4, 0.5) is 8.78 Å². The number of halogens is 2. The summed E-state index contributed by atoms with van der Waals surface area (Å²) in [6, 6.07) is 16.9. The summed E-state index contributed by atoms with van der Waals surface area (Å²) in [6.45, 7) is 2.73. The first-order valence-corrected chi connectivity index (χ1v) is 9.61. The number of nitrogens with zero attached hydrogens (tertiary/aromatic N) is 1. The highest BCUT2D eigenvalue weighted by Crippen LogP contribution is 2.28. The lowest BCUT2D eigenvalue weighted by molar-refractivity contribution is 0.0906. The Hall–Kier alpha value is -1.92. The number of likely N-dealkylation sites (tertiary alicyclic amines) is 1. The molecule has 0 aromatic heterocycles. The van der Waals surface area contributed by atoms with Crippen LogP contribution in [-0.2, 0) is 6.54 Å². The van der Waals surface area contributed by atoms with Crippen LogP contribution in [0.2, 0.25) is 0 Å². The van der Waals surface area contributed by atoms with E-state index >= 15 is 0 Å². The SMILES string of the molecule is O=C(NC1CCN(Cc2ccccc2)CC1)c1ccccc1SC(F)F. The number of nitrogens with one attached hydrogen (secondary N) is 1. The fraction of sp³-hybridized carbons (Fsp3) is 0.350. The molecule has 26 heavy (non-hydrogen) atoms. The van der Waals surface area contributed by atoms with E-state index in [1.165, 1.54) is 5.56 Å². The predicted molar refractivity (Wildman–Crippen MR) is 101 cm³/mol. The maximum absolute atomic E-state index is 12.7. The third-order valence-electron chi connectivity index (χ3n) is 4.52. The minimum Gasteiger partial charge on any atom is -0.349 e. The van der Waals surface area contributed by atoms with Crippen molar-refractivity contribution in [2.75, 3.05) is 13.1 Å². The van der Waals surface area contributed by atoms with Crippen molar-refractivity contribution in [3.8, 4) is 0 Å². The summed E-state index contributed by atoms with van der Waals surface area (Å²) in [5.41, 5.74) is 1.61. The van der Waals surface area contributed by atoms with Crippen molar-refractivity contribution in [3.63, 3.8) is 0 Å². The van der Waals surface area contributed by atoms with Crippen molar-refractivity contribution in [3.05, 3.63) is 65.7 Å². The van der Waals surface area contributed by atoms with Crippen molar-refractivity contribution in [1.29, 1.82) is 0 Å². The number of benzene rings is 2. The number of amides is 1. The highest BCUT2D eigenvalue weighted by molar-refractivity contribution is 7.99. The van der Waals surface area contributed by atoms with Crippen LogP contribution in [0.15, 0.2) is 59.5 Å². The second kappa shape index (κ2) is 9.14. The zero-order valence-corrected chi connectivity index (χ0v) is 15.2. The minimum absolute atomic E-state index is 0.0825. The highest BCUT2D eigenvalue weighted by Gasteiger charge is 2.22. The summed E-state index contributed by atoms with van der Waals surface area (Å²) in [6.07, 6.45) is 1.73. The van der Waals surface area contributed by atoms with E-state index in [0.29, 0.717) is 22.2 Å². The van der Waals surface area contributed by atoms with Crippen LogP contribution in [0.3, 0.4) is 0 Å². The van der Waals surface area contributed by atoms with Gasteiger partial charge in [0.25, 0.3) is 11.7 Å². The van der Waals surface area contributed by atoms with Crippen molar-refractivity contribution >= 4 is 17.7 Å². The molecule has 1 aliphatic heterocycles. The Morgan fingerprint density at radius 2 is 1.73 bits per heavy atom. The lowest BCUT2D eigenvalue weighted by atomic mass is 10.0. The van der Waals surface area contributed by atoms with E-state index in [1.54, 1.807) is 24.3 Å². The van der Waals surface area contributed by atoms with Crippen LogP contribution in [0.1, 0.15) is 28.8 Å². The van der Waals surface area contributed by atoms with Gasteiger partial charge in [-0.2, -0.15) is 8.78 Å². The smallest absolute Gasteiger partial charge is 0.288 e. The van der Waals surface area contributed by atoms with Gasteiger partial charge in [-0.05, 0) is 30.5 Å². The summed E-state index contributed by atoms with van der Waals surface area (Å²) < 4.78 is 25.3. The molecule has 1 aliphatic rings. The molecule has 0 atom stereocenters. The first kappa shape index (κ1) is 18.9. The number of thioether (sulfide) groups is 1. The Labute approximate surface area is 156 Å². The van der Waals surface area contributed by atoms with Crippen LogP contribution in [0.25, 0.3) is 0 Å². The maximum Gasteiger partial charge on any atom is 0.288 e. The Kier molecular flexibility index (Phi) is 6.63. The van der Waals surface area contributed by atoms with E-state index in [1.807, 2.05) is 18.2 Å². The topological polar surface area (TPSA) is 32.3 Å². The fourth-order valence-corrected chi connectivity index (χ4v) is 3.83. The Balaban J connectivity index is 1.52. The molecule has 1 saturated heterocycles. The minimum atomic E-state index is -2.54. The number of carbonyl (C=O) groups is 1. The molecule has 6 heteroatoms. The van der Waals surface area contributed by atoms with Crippen molar-refractivity contribution < 1.29 is 13.6 Å². The Morgan fingerprint density at radius 1 is 1.08 bits per heavy atom. The van der Waals surface area contributed by atoms with Gasteiger partial charge >= 0.3 is 0 Å². The number of hydrogen-bond donors (Lipinski definition) is 1. The van der Waals surface area contributed by atoms with Gasteiger partial charge in [-0.25, -0.2) is 0 Å². The molecule has 1 N–H and O–H groups in total. The van der Waals surface area contributed by atoms with Crippen molar-refractivity contribution in [2.45, 2.75) is 36.1 Å². The van der Waals surface area contributed by atoms with Gasteiger partial charge in [0.1, 0.15) is 0 Å². The summed E-state index contributed by atoms with van der Waals surface area (Å²) >= 11 is 0.415. The quantitative estimate of drug-likeness (QED) is 0.759. The zero-order chi connectivity index (χ0) is 18.4. The summed E-state index contributed by atoms with van der Waals surface area (Å²) in [5.74, 6) is -2.81. The molecule has 0 bridgehead atoms. The van der Waals surface area contributed by atoms with Gasteiger partial charge in [0, 0.05) is 30.6 Å². The second-order valence-corrected chi connectivity index (χ2v) is 7.42.